The largest absolute Gasteiger partial charge is 0.481 e. The zero-order valence-corrected chi connectivity index (χ0v) is 12.1. The average Bonchev–Trinajstić information content (AvgIpc) is 2.80. The van der Waals surface area contributed by atoms with E-state index in [0.717, 1.165) is 5.56 Å². The zero-order chi connectivity index (χ0) is 14.7. The lowest BCUT2D eigenvalue weighted by Gasteiger charge is -2.23. The number of carboxylic acids is 1. The Hall–Kier alpha value is -1.55. The van der Waals surface area contributed by atoms with E-state index in [9.17, 15) is 9.59 Å². The molecule has 0 aromatic heterocycles. The van der Waals surface area contributed by atoms with Gasteiger partial charge in [-0.2, -0.15) is 0 Å². The van der Waals surface area contributed by atoms with Gasteiger partial charge in [-0.05, 0) is 37.5 Å². The third-order valence-electron chi connectivity index (χ3n) is 3.93. The van der Waals surface area contributed by atoms with E-state index in [1.54, 1.807) is 17.0 Å². The molecule has 4 nitrogen and oxygen atoms in total. The topological polar surface area (TPSA) is 57.6 Å². The van der Waals surface area contributed by atoms with E-state index in [0.29, 0.717) is 30.8 Å². The van der Waals surface area contributed by atoms with Crippen molar-refractivity contribution in [2.75, 3.05) is 6.54 Å². The summed E-state index contributed by atoms with van der Waals surface area (Å²) in [5, 5.41) is 9.74. The van der Waals surface area contributed by atoms with Crippen molar-refractivity contribution in [2.45, 2.75) is 32.2 Å². The van der Waals surface area contributed by atoms with Crippen LogP contribution in [-0.4, -0.2) is 34.5 Å². The Balaban J connectivity index is 1.89. The number of amides is 1. The van der Waals surface area contributed by atoms with Gasteiger partial charge in [-0.15, -0.1) is 0 Å². The summed E-state index contributed by atoms with van der Waals surface area (Å²) in [6.07, 6.45) is 1.60. The van der Waals surface area contributed by atoms with Gasteiger partial charge in [-0.25, -0.2) is 0 Å². The molecule has 2 rings (SSSR count). The molecule has 20 heavy (non-hydrogen) atoms. The van der Waals surface area contributed by atoms with Crippen LogP contribution in [0.2, 0.25) is 5.02 Å². The third-order valence-corrected chi connectivity index (χ3v) is 4.19. The molecule has 1 aliphatic rings. The fraction of sp³-hybridized carbons (Fsp3) is 0.467. The predicted molar refractivity (Wildman–Crippen MR) is 76.7 cm³/mol. The minimum absolute atomic E-state index is 0.0243. The number of hydrogen-bond donors (Lipinski definition) is 1. The maximum absolute atomic E-state index is 12.2. The van der Waals surface area contributed by atoms with Crippen LogP contribution in [0.1, 0.15) is 25.3 Å². The van der Waals surface area contributed by atoms with Crippen molar-refractivity contribution < 1.29 is 14.7 Å². The number of carboxylic acid groups (broad SMARTS) is 1. The Kier molecular flexibility index (Phi) is 4.65. The van der Waals surface area contributed by atoms with Crippen LogP contribution < -0.4 is 0 Å². The summed E-state index contributed by atoms with van der Waals surface area (Å²) in [5.74, 6) is -1.23. The quantitative estimate of drug-likeness (QED) is 0.929. The second-order valence-electron chi connectivity index (χ2n) is 5.19. The number of carbonyl (C=O) groups is 2. The molecule has 2 atom stereocenters. The number of likely N-dealkylation sites (tertiary alicyclic amines) is 1. The first-order valence-electron chi connectivity index (χ1n) is 6.75. The first kappa shape index (κ1) is 14.9. The molecule has 1 heterocycles. The Labute approximate surface area is 123 Å². The first-order valence-corrected chi connectivity index (χ1v) is 7.13. The molecule has 2 unspecified atom stereocenters. The standard InChI is InChI=1S/C15H18ClNO3/c1-10-13(15(19)20)8-9-17(10)14(18)7-4-11-2-5-12(16)6-3-11/h2-3,5-6,10,13H,4,7-9H2,1H3,(H,19,20). The van der Waals surface area contributed by atoms with Gasteiger partial charge in [0.05, 0.1) is 5.92 Å². The molecule has 1 aromatic rings. The number of aliphatic carboxylic acids is 1. The molecule has 0 bridgehead atoms. The highest BCUT2D eigenvalue weighted by molar-refractivity contribution is 6.30. The maximum Gasteiger partial charge on any atom is 0.308 e. The van der Waals surface area contributed by atoms with Gasteiger partial charge in [0.1, 0.15) is 0 Å². The number of aryl methyl sites for hydroxylation is 1. The lowest BCUT2D eigenvalue weighted by molar-refractivity contribution is -0.143. The molecule has 0 radical (unpaired) electrons. The van der Waals surface area contributed by atoms with E-state index in [-0.39, 0.29) is 11.9 Å². The number of benzene rings is 1. The van der Waals surface area contributed by atoms with Crippen molar-refractivity contribution in [3.8, 4) is 0 Å². The van der Waals surface area contributed by atoms with E-state index in [1.165, 1.54) is 0 Å². The van der Waals surface area contributed by atoms with Gasteiger partial charge in [0, 0.05) is 24.0 Å². The SMILES string of the molecule is CC1C(C(=O)O)CCN1C(=O)CCc1ccc(Cl)cc1. The second-order valence-corrected chi connectivity index (χ2v) is 5.62. The molecule has 1 amide bonds. The van der Waals surface area contributed by atoms with E-state index in [4.69, 9.17) is 16.7 Å². The van der Waals surface area contributed by atoms with E-state index < -0.39 is 11.9 Å². The molecule has 0 aliphatic carbocycles. The molecule has 108 valence electrons. The molecular weight excluding hydrogens is 278 g/mol. The Morgan fingerprint density at radius 2 is 2.00 bits per heavy atom. The van der Waals surface area contributed by atoms with Crippen molar-refractivity contribution in [3.63, 3.8) is 0 Å². The highest BCUT2D eigenvalue weighted by Crippen LogP contribution is 2.25. The fourth-order valence-corrected chi connectivity index (χ4v) is 2.79. The second kappa shape index (κ2) is 6.27. The smallest absolute Gasteiger partial charge is 0.308 e. The monoisotopic (exact) mass is 295 g/mol. The van der Waals surface area contributed by atoms with Crippen molar-refractivity contribution in [3.05, 3.63) is 34.9 Å². The van der Waals surface area contributed by atoms with Gasteiger partial charge in [0.15, 0.2) is 0 Å². The number of rotatable bonds is 4. The summed E-state index contributed by atoms with van der Waals surface area (Å²) in [4.78, 5) is 24.9. The van der Waals surface area contributed by atoms with Gasteiger partial charge < -0.3 is 10.0 Å². The molecule has 0 spiro atoms. The summed E-state index contributed by atoms with van der Waals surface area (Å²) in [5.41, 5.74) is 1.06. The molecular formula is C15H18ClNO3. The van der Waals surface area contributed by atoms with E-state index >= 15 is 0 Å². The van der Waals surface area contributed by atoms with E-state index in [1.807, 2.05) is 19.1 Å². The molecule has 1 saturated heterocycles. The highest BCUT2D eigenvalue weighted by atomic mass is 35.5. The summed E-state index contributed by atoms with van der Waals surface area (Å²) < 4.78 is 0. The molecule has 1 aliphatic heterocycles. The van der Waals surface area contributed by atoms with Gasteiger partial charge >= 0.3 is 5.97 Å². The van der Waals surface area contributed by atoms with Crippen LogP contribution in [0, 0.1) is 5.92 Å². The van der Waals surface area contributed by atoms with Crippen molar-refractivity contribution in [1.29, 1.82) is 0 Å². The maximum atomic E-state index is 12.2. The number of carbonyl (C=O) groups excluding carboxylic acids is 1. The van der Waals surface area contributed by atoms with Crippen LogP contribution in [0.25, 0.3) is 0 Å². The Morgan fingerprint density at radius 3 is 2.55 bits per heavy atom. The Bertz CT molecular complexity index is 500. The van der Waals surface area contributed by atoms with Crippen LogP contribution in [0.4, 0.5) is 0 Å². The summed E-state index contributed by atoms with van der Waals surface area (Å²) >= 11 is 5.81. The van der Waals surface area contributed by atoms with Crippen LogP contribution in [0.3, 0.4) is 0 Å². The average molecular weight is 296 g/mol. The molecule has 5 heteroatoms. The lowest BCUT2D eigenvalue weighted by atomic mass is 10.0. The number of halogens is 1. The van der Waals surface area contributed by atoms with Crippen LogP contribution in [0.5, 0.6) is 0 Å². The normalized spacial score (nSPS) is 22.0. The van der Waals surface area contributed by atoms with Gasteiger partial charge in [0.25, 0.3) is 0 Å². The summed E-state index contributed by atoms with van der Waals surface area (Å²) in [6.45, 7) is 2.35. The highest BCUT2D eigenvalue weighted by Gasteiger charge is 2.37. The van der Waals surface area contributed by atoms with Crippen molar-refractivity contribution in [1.82, 2.24) is 4.90 Å². The van der Waals surface area contributed by atoms with Gasteiger partial charge in [0.2, 0.25) is 5.91 Å². The van der Waals surface area contributed by atoms with E-state index in [2.05, 4.69) is 0 Å². The van der Waals surface area contributed by atoms with Crippen LogP contribution in [0.15, 0.2) is 24.3 Å². The molecule has 1 N–H and O–H groups in total. The van der Waals surface area contributed by atoms with Gasteiger partial charge in [-0.1, -0.05) is 23.7 Å². The first-order chi connectivity index (χ1) is 9.49. The molecule has 0 saturated carbocycles. The Morgan fingerprint density at radius 1 is 1.35 bits per heavy atom. The number of hydrogen-bond acceptors (Lipinski definition) is 2. The van der Waals surface area contributed by atoms with Crippen LogP contribution >= 0.6 is 11.6 Å². The van der Waals surface area contributed by atoms with Crippen LogP contribution in [-0.2, 0) is 16.0 Å². The third kappa shape index (κ3) is 3.31. The zero-order valence-electron chi connectivity index (χ0n) is 11.4. The minimum Gasteiger partial charge on any atom is -0.481 e. The van der Waals surface area contributed by atoms with Crippen molar-refractivity contribution in [2.24, 2.45) is 5.92 Å². The lowest BCUT2D eigenvalue weighted by Crippen LogP contribution is -2.37. The summed E-state index contributed by atoms with van der Waals surface area (Å²) in [6, 6.07) is 7.21. The molecule has 1 aromatic carbocycles. The summed E-state index contributed by atoms with van der Waals surface area (Å²) in [7, 11) is 0. The van der Waals surface area contributed by atoms with Gasteiger partial charge in [-0.3, -0.25) is 9.59 Å². The predicted octanol–water partition coefficient (Wildman–Crippen LogP) is 2.59. The number of nitrogens with zero attached hydrogens (tertiary/aromatic N) is 1. The minimum atomic E-state index is -0.814. The fourth-order valence-electron chi connectivity index (χ4n) is 2.67. The molecule has 1 fully saturated rings. The van der Waals surface area contributed by atoms with Crippen molar-refractivity contribution >= 4 is 23.5 Å².